The van der Waals surface area contributed by atoms with Crippen molar-refractivity contribution >= 4 is 30.7 Å². The Kier molecular flexibility index (Phi) is 10.5. The Hall–Kier alpha value is -1.02. The lowest BCUT2D eigenvalue weighted by Crippen LogP contribution is -2.37. The Morgan fingerprint density at radius 1 is 1.12 bits per heavy atom. The maximum atomic E-state index is 12.6. The third-order valence-corrected chi connectivity index (χ3v) is 4.13. The molecule has 1 aliphatic heterocycles. The highest BCUT2D eigenvalue weighted by molar-refractivity contribution is 5.85. The fourth-order valence-corrected chi connectivity index (χ4v) is 2.84. The van der Waals surface area contributed by atoms with Gasteiger partial charge in [-0.25, -0.2) is 0 Å². The molecule has 1 unspecified atom stereocenters. The van der Waals surface area contributed by atoms with Crippen molar-refractivity contribution in [3.63, 3.8) is 0 Å². The second-order valence-corrected chi connectivity index (χ2v) is 6.39. The van der Waals surface area contributed by atoms with E-state index in [0.717, 1.165) is 30.7 Å². The number of nitrogens with two attached hydrogens (primary N) is 1. The van der Waals surface area contributed by atoms with Gasteiger partial charge in [-0.2, -0.15) is 13.2 Å². The molecule has 4 nitrogen and oxygen atoms in total. The molecule has 1 aromatic rings. The highest BCUT2D eigenvalue weighted by atomic mass is 35.5. The second-order valence-electron chi connectivity index (χ2n) is 6.39. The van der Waals surface area contributed by atoms with Gasteiger partial charge in [0.1, 0.15) is 0 Å². The quantitative estimate of drug-likeness (QED) is 0.820. The number of benzene rings is 1. The molecule has 0 spiro atoms. The summed E-state index contributed by atoms with van der Waals surface area (Å²) in [5.74, 6) is 0.0707. The lowest BCUT2D eigenvalue weighted by molar-refractivity contribution is -0.137. The molecule has 2 N–H and O–H groups in total. The van der Waals surface area contributed by atoms with Crippen molar-refractivity contribution in [2.45, 2.75) is 38.5 Å². The lowest BCUT2D eigenvalue weighted by Gasteiger charge is -2.23. The number of rotatable bonds is 4. The number of hydrogen-bond donors (Lipinski definition) is 1. The lowest BCUT2D eigenvalue weighted by atomic mass is 10.1. The first-order valence-electron chi connectivity index (χ1n) is 8.17. The summed E-state index contributed by atoms with van der Waals surface area (Å²) in [5, 5.41) is 0. The minimum Gasteiger partial charge on any atom is -0.341 e. The van der Waals surface area contributed by atoms with Crippen LogP contribution in [-0.4, -0.2) is 47.9 Å². The van der Waals surface area contributed by atoms with E-state index in [1.54, 1.807) is 0 Å². The summed E-state index contributed by atoms with van der Waals surface area (Å²) in [4.78, 5) is 16.1. The number of alkyl halides is 3. The van der Waals surface area contributed by atoms with Crippen LogP contribution in [0.5, 0.6) is 0 Å². The minimum absolute atomic E-state index is 0. The van der Waals surface area contributed by atoms with Gasteiger partial charge in [-0.05, 0) is 31.0 Å². The summed E-state index contributed by atoms with van der Waals surface area (Å²) in [7, 11) is 0. The topological polar surface area (TPSA) is 49.6 Å². The third-order valence-electron chi connectivity index (χ3n) is 4.13. The molecule has 1 atom stereocenters. The first-order chi connectivity index (χ1) is 11.3. The van der Waals surface area contributed by atoms with Crippen LogP contribution in [0.3, 0.4) is 0 Å². The van der Waals surface area contributed by atoms with E-state index in [-0.39, 0.29) is 36.8 Å². The molecule has 26 heavy (non-hydrogen) atoms. The van der Waals surface area contributed by atoms with Crippen LogP contribution in [0.1, 0.15) is 30.9 Å². The van der Waals surface area contributed by atoms with Gasteiger partial charge in [0.2, 0.25) is 5.91 Å². The molecule has 0 saturated carbocycles. The predicted octanol–water partition coefficient (Wildman–Crippen LogP) is 3.32. The van der Waals surface area contributed by atoms with Crippen LogP contribution in [0.15, 0.2) is 24.3 Å². The molecular weight excluding hydrogens is 390 g/mol. The summed E-state index contributed by atoms with van der Waals surface area (Å²) in [6, 6.07) is 5.13. The Bertz CT molecular complexity index is 553. The van der Waals surface area contributed by atoms with Crippen molar-refractivity contribution in [1.29, 1.82) is 0 Å². The zero-order valence-corrected chi connectivity index (χ0v) is 16.3. The number of carbonyl (C=O) groups excluding carboxylic acids is 1. The van der Waals surface area contributed by atoms with Gasteiger partial charge in [0, 0.05) is 45.2 Å². The molecule has 150 valence electrons. The molecular formula is C17H26Cl2F3N3O. The molecule has 0 aromatic heterocycles. The van der Waals surface area contributed by atoms with Crippen LogP contribution in [-0.2, 0) is 17.5 Å². The van der Waals surface area contributed by atoms with E-state index in [1.807, 2.05) is 11.8 Å². The van der Waals surface area contributed by atoms with Gasteiger partial charge < -0.3 is 10.6 Å². The predicted molar refractivity (Wildman–Crippen MR) is 101 cm³/mol. The molecule has 1 heterocycles. The summed E-state index contributed by atoms with van der Waals surface area (Å²) < 4.78 is 37.8. The summed E-state index contributed by atoms with van der Waals surface area (Å²) in [6.45, 7) is 5.27. The van der Waals surface area contributed by atoms with Crippen molar-refractivity contribution in [2.24, 2.45) is 5.73 Å². The average molecular weight is 416 g/mol. The second kappa shape index (κ2) is 11.0. The van der Waals surface area contributed by atoms with Crippen molar-refractivity contribution in [3.05, 3.63) is 35.4 Å². The smallest absolute Gasteiger partial charge is 0.341 e. The Balaban J connectivity index is 0.00000312. The molecule has 9 heteroatoms. The van der Waals surface area contributed by atoms with Gasteiger partial charge in [-0.1, -0.05) is 12.1 Å². The normalized spacial score (nSPS) is 16.9. The fraction of sp³-hybridized carbons (Fsp3) is 0.588. The average Bonchev–Trinajstić information content (AvgIpc) is 2.72. The van der Waals surface area contributed by atoms with Crippen LogP contribution in [0.4, 0.5) is 13.2 Å². The zero-order chi connectivity index (χ0) is 17.7. The van der Waals surface area contributed by atoms with Crippen LogP contribution in [0.2, 0.25) is 0 Å². The molecule has 0 radical (unpaired) electrons. The van der Waals surface area contributed by atoms with Gasteiger partial charge >= 0.3 is 6.18 Å². The monoisotopic (exact) mass is 415 g/mol. The van der Waals surface area contributed by atoms with Crippen molar-refractivity contribution in [2.75, 3.05) is 26.2 Å². The van der Waals surface area contributed by atoms with Gasteiger partial charge in [0.25, 0.3) is 0 Å². The molecule has 1 amide bonds. The van der Waals surface area contributed by atoms with E-state index >= 15 is 0 Å². The summed E-state index contributed by atoms with van der Waals surface area (Å²) >= 11 is 0. The van der Waals surface area contributed by atoms with E-state index in [1.165, 1.54) is 12.1 Å². The Morgan fingerprint density at radius 2 is 1.73 bits per heavy atom. The fourth-order valence-electron chi connectivity index (χ4n) is 2.84. The molecule has 1 saturated heterocycles. The minimum atomic E-state index is -4.30. The highest BCUT2D eigenvalue weighted by Gasteiger charge is 2.30. The van der Waals surface area contributed by atoms with Gasteiger partial charge in [0.15, 0.2) is 0 Å². The molecule has 1 aliphatic rings. The van der Waals surface area contributed by atoms with E-state index in [9.17, 15) is 18.0 Å². The Labute approximate surface area is 164 Å². The molecule has 1 fully saturated rings. The number of halogens is 5. The van der Waals surface area contributed by atoms with Gasteiger partial charge in [0.05, 0.1) is 5.56 Å². The highest BCUT2D eigenvalue weighted by Crippen LogP contribution is 2.29. The molecule has 0 aliphatic carbocycles. The zero-order valence-electron chi connectivity index (χ0n) is 14.7. The SMILES string of the molecule is CC(N)CC(=O)N1CCCN(Cc2ccc(C(F)(F)F)cc2)CC1.Cl.Cl. The van der Waals surface area contributed by atoms with Crippen molar-refractivity contribution in [1.82, 2.24) is 9.80 Å². The largest absolute Gasteiger partial charge is 0.416 e. The number of nitrogens with zero attached hydrogens (tertiary/aromatic N) is 2. The van der Waals surface area contributed by atoms with Crippen molar-refractivity contribution in [3.8, 4) is 0 Å². The Morgan fingerprint density at radius 3 is 2.27 bits per heavy atom. The number of amides is 1. The molecule has 0 bridgehead atoms. The maximum Gasteiger partial charge on any atom is 0.416 e. The number of hydrogen-bond acceptors (Lipinski definition) is 3. The summed E-state index contributed by atoms with van der Waals surface area (Å²) in [5.41, 5.74) is 5.89. The number of carbonyl (C=O) groups is 1. The molecule has 1 aromatic carbocycles. The van der Waals surface area contributed by atoms with Crippen LogP contribution in [0.25, 0.3) is 0 Å². The van der Waals surface area contributed by atoms with Gasteiger partial charge in [-0.15, -0.1) is 24.8 Å². The first kappa shape index (κ1) is 25.0. The first-order valence-corrected chi connectivity index (χ1v) is 8.17. The van der Waals surface area contributed by atoms with E-state index in [2.05, 4.69) is 4.90 Å². The van der Waals surface area contributed by atoms with Crippen molar-refractivity contribution < 1.29 is 18.0 Å². The van der Waals surface area contributed by atoms with E-state index < -0.39 is 11.7 Å². The van der Waals surface area contributed by atoms with E-state index in [0.29, 0.717) is 32.6 Å². The van der Waals surface area contributed by atoms with Crippen LogP contribution in [0, 0.1) is 0 Å². The third kappa shape index (κ3) is 7.70. The van der Waals surface area contributed by atoms with Crippen LogP contribution < -0.4 is 5.73 Å². The molecule has 2 rings (SSSR count). The van der Waals surface area contributed by atoms with Gasteiger partial charge in [-0.3, -0.25) is 9.69 Å². The standard InChI is InChI=1S/C17H24F3N3O.2ClH/c1-13(21)11-16(24)23-8-2-7-22(9-10-23)12-14-3-5-15(6-4-14)17(18,19)20;;/h3-6,13H,2,7-12,21H2,1H3;2*1H. The van der Waals surface area contributed by atoms with Crippen LogP contribution >= 0.6 is 24.8 Å². The maximum absolute atomic E-state index is 12.6. The van der Waals surface area contributed by atoms with E-state index in [4.69, 9.17) is 5.73 Å². The summed E-state index contributed by atoms with van der Waals surface area (Å²) in [6.07, 6.45) is -3.10.